The fourth-order valence-electron chi connectivity index (χ4n) is 1.50. The lowest BCUT2D eigenvalue weighted by Crippen LogP contribution is -2.32. The molecule has 2 N–H and O–H groups in total. The number of nitrogens with one attached hydrogen (secondary N) is 1. The highest BCUT2D eigenvalue weighted by Crippen LogP contribution is 2.20. The predicted molar refractivity (Wildman–Crippen MR) is 72.9 cm³/mol. The van der Waals surface area contributed by atoms with Gasteiger partial charge in [0.25, 0.3) is 5.91 Å². The number of amides is 1. The summed E-state index contributed by atoms with van der Waals surface area (Å²) in [6, 6.07) is 5.66. The molecule has 0 aliphatic rings. The number of carbonyl (C=O) groups excluding carboxylic acids is 1. The van der Waals surface area contributed by atoms with E-state index in [0.717, 1.165) is 11.1 Å². The molecule has 6 nitrogen and oxygen atoms in total. The number of rotatable bonds is 8. The van der Waals surface area contributed by atoms with E-state index in [2.05, 4.69) is 5.32 Å². The van der Waals surface area contributed by atoms with Crippen LogP contribution in [0, 0.1) is 13.8 Å². The highest BCUT2D eigenvalue weighted by atomic mass is 16.5. The van der Waals surface area contributed by atoms with Crippen LogP contribution in [0.2, 0.25) is 0 Å². The largest absolute Gasteiger partial charge is 0.483 e. The number of ether oxygens (including phenoxy) is 2. The van der Waals surface area contributed by atoms with Gasteiger partial charge in [0, 0.05) is 6.54 Å². The second-order valence-electron chi connectivity index (χ2n) is 4.28. The fourth-order valence-corrected chi connectivity index (χ4v) is 1.50. The zero-order chi connectivity index (χ0) is 15.0. The molecule has 1 aromatic rings. The average molecular weight is 281 g/mol. The van der Waals surface area contributed by atoms with E-state index < -0.39 is 5.97 Å². The third kappa shape index (κ3) is 5.71. The third-order valence-corrected chi connectivity index (χ3v) is 2.71. The molecular weight excluding hydrogens is 262 g/mol. The number of aliphatic carboxylic acids is 1. The second kappa shape index (κ2) is 8.16. The van der Waals surface area contributed by atoms with E-state index in [0.29, 0.717) is 5.75 Å². The number of carbonyl (C=O) groups is 2. The molecule has 0 heterocycles. The molecule has 0 fully saturated rings. The Labute approximate surface area is 117 Å². The summed E-state index contributed by atoms with van der Waals surface area (Å²) in [5.41, 5.74) is 2.11. The topological polar surface area (TPSA) is 84.9 Å². The number of carboxylic acid groups (broad SMARTS) is 1. The van der Waals surface area contributed by atoms with Crippen molar-refractivity contribution in [1.29, 1.82) is 0 Å². The molecule has 0 bridgehead atoms. The molecule has 110 valence electrons. The fraction of sp³-hybridized carbons (Fsp3) is 0.429. The van der Waals surface area contributed by atoms with Crippen LogP contribution in [-0.4, -0.2) is 43.3 Å². The van der Waals surface area contributed by atoms with Crippen molar-refractivity contribution < 1.29 is 24.2 Å². The van der Waals surface area contributed by atoms with Crippen LogP contribution in [-0.2, 0) is 14.3 Å². The van der Waals surface area contributed by atoms with E-state index in [1.54, 1.807) is 0 Å². The first-order valence-electron chi connectivity index (χ1n) is 6.26. The summed E-state index contributed by atoms with van der Waals surface area (Å²) < 4.78 is 10.2. The van der Waals surface area contributed by atoms with Crippen LogP contribution in [0.25, 0.3) is 0 Å². The van der Waals surface area contributed by atoms with Crippen molar-refractivity contribution in [1.82, 2.24) is 5.32 Å². The van der Waals surface area contributed by atoms with Crippen molar-refractivity contribution in [3.63, 3.8) is 0 Å². The molecule has 0 aromatic heterocycles. The molecule has 6 heteroatoms. The molecule has 1 aromatic carbocycles. The summed E-state index contributed by atoms with van der Waals surface area (Å²) in [7, 11) is 0. The number of benzene rings is 1. The zero-order valence-electron chi connectivity index (χ0n) is 11.6. The maximum atomic E-state index is 11.5. The van der Waals surface area contributed by atoms with Crippen molar-refractivity contribution in [2.24, 2.45) is 0 Å². The number of hydrogen-bond donors (Lipinski definition) is 2. The molecule has 0 saturated heterocycles. The van der Waals surface area contributed by atoms with Gasteiger partial charge in [-0.25, -0.2) is 4.79 Å². The van der Waals surface area contributed by atoms with E-state index >= 15 is 0 Å². The average Bonchev–Trinajstić information content (AvgIpc) is 2.39. The number of hydrogen-bond acceptors (Lipinski definition) is 4. The molecule has 1 amide bonds. The van der Waals surface area contributed by atoms with Gasteiger partial charge in [-0.05, 0) is 31.0 Å². The zero-order valence-corrected chi connectivity index (χ0v) is 11.6. The SMILES string of the molecule is Cc1cccc(OCC(=O)NCCOCC(=O)O)c1C. The van der Waals surface area contributed by atoms with Crippen molar-refractivity contribution in [2.75, 3.05) is 26.4 Å². The normalized spacial score (nSPS) is 10.1. The number of carboxylic acids is 1. The lowest BCUT2D eigenvalue weighted by molar-refractivity contribution is -0.142. The van der Waals surface area contributed by atoms with Crippen LogP contribution in [0.5, 0.6) is 5.75 Å². The molecule has 0 atom stereocenters. The first kappa shape index (κ1) is 16.0. The smallest absolute Gasteiger partial charge is 0.329 e. The van der Waals surface area contributed by atoms with Crippen molar-refractivity contribution >= 4 is 11.9 Å². The Kier molecular flexibility index (Phi) is 6.52. The van der Waals surface area contributed by atoms with Gasteiger partial charge in [0.15, 0.2) is 6.61 Å². The molecule has 1 rings (SSSR count). The monoisotopic (exact) mass is 281 g/mol. The van der Waals surface area contributed by atoms with E-state index in [1.807, 2.05) is 32.0 Å². The summed E-state index contributed by atoms with van der Waals surface area (Å²) in [5.74, 6) is -0.623. The molecule has 0 unspecified atom stereocenters. The van der Waals surface area contributed by atoms with Gasteiger partial charge in [-0.3, -0.25) is 4.79 Å². The standard InChI is InChI=1S/C14H19NO5/c1-10-4-3-5-12(11(10)2)20-8-13(16)15-6-7-19-9-14(17)18/h3-5H,6-9H2,1-2H3,(H,15,16)(H,17,18). The van der Waals surface area contributed by atoms with Gasteiger partial charge in [0.05, 0.1) is 6.61 Å². The van der Waals surface area contributed by atoms with E-state index in [1.165, 1.54) is 0 Å². The Bertz CT molecular complexity index is 473. The Morgan fingerprint density at radius 2 is 2.00 bits per heavy atom. The molecule has 0 aliphatic heterocycles. The van der Waals surface area contributed by atoms with Crippen molar-refractivity contribution in [3.8, 4) is 5.75 Å². The van der Waals surface area contributed by atoms with E-state index in [9.17, 15) is 9.59 Å². The van der Waals surface area contributed by atoms with Crippen molar-refractivity contribution in [2.45, 2.75) is 13.8 Å². The molecule has 20 heavy (non-hydrogen) atoms. The third-order valence-electron chi connectivity index (χ3n) is 2.71. The van der Waals surface area contributed by atoms with E-state index in [4.69, 9.17) is 14.6 Å². The summed E-state index contributed by atoms with van der Waals surface area (Å²) in [5, 5.41) is 10.9. The highest BCUT2D eigenvalue weighted by Gasteiger charge is 2.05. The van der Waals surface area contributed by atoms with Crippen LogP contribution in [0.1, 0.15) is 11.1 Å². The van der Waals surface area contributed by atoms with Gasteiger partial charge in [0.1, 0.15) is 12.4 Å². The van der Waals surface area contributed by atoms with Gasteiger partial charge >= 0.3 is 5.97 Å². The van der Waals surface area contributed by atoms with Gasteiger partial charge in [-0.1, -0.05) is 12.1 Å². The van der Waals surface area contributed by atoms with Crippen LogP contribution in [0.4, 0.5) is 0 Å². The number of aryl methyl sites for hydroxylation is 1. The summed E-state index contributed by atoms with van der Waals surface area (Å²) in [4.78, 5) is 21.7. The predicted octanol–water partition coefficient (Wildman–Crippen LogP) is 0.900. The first-order chi connectivity index (χ1) is 9.50. The van der Waals surface area contributed by atoms with Gasteiger partial charge in [-0.15, -0.1) is 0 Å². The van der Waals surface area contributed by atoms with Crippen molar-refractivity contribution in [3.05, 3.63) is 29.3 Å². The van der Waals surface area contributed by atoms with Crippen LogP contribution >= 0.6 is 0 Å². The van der Waals surface area contributed by atoms with Crippen LogP contribution in [0.15, 0.2) is 18.2 Å². The van der Waals surface area contributed by atoms with Gasteiger partial charge in [-0.2, -0.15) is 0 Å². The Hall–Kier alpha value is -2.08. The quantitative estimate of drug-likeness (QED) is 0.692. The Balaban J connectivity index is 2.23. The van der Waals surface area contributed by atoms with Gasteiger partial charge < -0.3 is 19.9 Å². The summed E-state index contributed by atoms with van der Waals surface area (Å²) in [6.07, 6.45) is 0. The molecule has 0 aliphatic carbocycles. The highest BCUT2D eigenvalue weighted by molar-refractivity contribution is 5.77. The summed E-state index contributed by atoms with van der Waals surface area (Å²) >= 11 is 0. The van der Waals surface area contributed by atoms with Crippen LogP contribution < -0.4 is 10.1 Å². The first-order valence-corrected chi connectivity index (χ1v) is 6.26. The van der Waals surface area contributed by atoms with E-state index in [-0.39, 0.29) is 32.3 Å². The van der Waals surface area contributed by atoms with Crippen LogP contribution in [0.3, 0.4) is 0 Å². The maximum Gasteiger partial charge on any atom is 0.329 e. The Morgan fingerprint density at radius 1 is 1.25 bits per heavy atom. The second-order valence-corrected chi connectivity index (χ2v) is 4.28. The lowest BCUT2D eigenvalue weighted by atomic mass is 10.1. The minimum Gasteiger partial charge on any atom is -0.483 e. The molecule has 0 saturated carbocycles. The minimum absolute atomic E-state index is 0.0801. The lowest BCUT2D eigenvalue weighted by Gasteiger charge is -2.11. The molecule has 0 spiro atoms. The van der Waals surface area contributed by atoms with Gasteiger partial charge in [0.2, 0.25) is 0 Å². The minimum atomic E-state index is -1.03. The summed E-state index contributed by atoms with van der Waals surface area (Å²) in [6.45, 7) is 3.87. The Morgan fingerprint density at radius 3 is 2.70 bits per heavy atom. The maximum absolute atomic E-state index is 11.5. The molecular formula is C14H19NO5. The molecule has 0 radical (unpaired) electrons.